The second-order valence-electron chi connectivity index (χ2n) is 5.88. The summed E-state index contributed by atoms with van der Waals surface area (Å²) in [5, 5.41) is 12.9. The van der Waals surface area contributed by atoms with Crippen molar-refractivity contribution in [1.82, 2.24) is 9.97 Å². The van der Waals surface area contributed by atoms with E-state index in [2.05, 4.69) is 15.3 Å². The van der Waals surface area contributed by atoms with Gasteiger partial charge in [0.05, 0.1) is 17.7 Å². The van der Waals surface area contributed by atoms with Crippen LogP contribution in [0.3, 0.4) is 0 Å². The number of carbonyl (C=O) groups is 1. The maximum Gasteiger partial charge on any atom is 0.346 e. The molecule has 148 valence electrons. The van der Waals surface area contributed by atoms with Crippen molar-refractivity contribution in [2.45, 2.75) is 13.0 Å². The van der Waals surface area contributed by atoms with Gasteiger partial charge in [-0.1, -0.05) is 0 Å². The standard InChI is InChI=1S/C18H17F2N3O4S/c1-9-14-16(21-8-22-17(14)28-15(9)18(24)25)23-12-4-3-10(20)5-13(12)27-11(6-19)7-26-2/h3-5,8,11H,6-7H2,1-2H3,(H,24,25)(H,21,22,23). The van der Waals surface area contributed by atoms with Gasteiger partial charge in [0, 0.05) is 13.2 Å². The largest absolute Gasteiger partial charge is 0.483 e. The highest BCUT2D eigenvalue weighted by molar-refractivity contribution is 7.20. The molecule has 0 fully saturated rings. The first kappa shape index (κ1) is 19.9. The van der Waals surface area contributed by atoms with Crippen molar-refractivity contribution in [3.8, 4) is 5.75 Å². The van der Waals surface area contributed by atoms with Crippen LogP contribution in [0.4, 0.5) is 20.3 Å². The highest BCUT2D eigenvalue weighted by atomic mass is 32.1. The van der Waals surface area contributed by atoms with Crippen LogP contribution in [-0.4, -0.2) is 47.5 Å². The van der Waals surface area contributed by atoms with Gasteiger partial charge in [-0.3, -0.25) is 0 Å². The van der Waals surface area contributed by atoms with Gasteiger partial charge in [-0.15, -0.1) is 11.3 Å². The molecule has 3 aromatic rings. The number of thiophene rings is 1. The van der Waals surface area contributed by atoms with Crippen molar-refractivity contribution < 1.29 is 28.2 Å². The minimum Gasteiger partial charge on any atom is -0.483 e. The lowest BCUT2D eigenvalue weighted by Gasteiger charge is -2.18. The summed E-state index contributed by atoms with van der Waals surface area (Å²) in [4.78, 5) is 20.4. The number of aryl methyl sites for hydroxylation is 1. The number of nitrogens with zero attached hydrogens (tertiary/aromatic N) is 2. The first-order valence-corrected chi connectivity index (χ1v) is 9.01. The number of alkyl halides is 1. The van der Waals surface area contributed by atoms with Crippen LogP contribution in [0, 0.1) is 12.7 Å². The third-order valence-corrected chi connectivity index (χ3v) is 5.12. The molecule has 0 saturated carbocycles. The fraction of sp³-hybridized carbons (Fsp3) is 0.278. The predicted molar refractivity (Wildman–Crippen MR) is 101 cm³/mol. The summed E-state index contributed by atoms with van der Waals surface area (Å²) in [7, 11) is 1.41. The lowest BCUT2D eigenvalue weighted by Crippen LogP contribution is -2.25. The third-order valence-electron chi connectivity index (χ3n) is 3.94. The number of carboxylic acid groups (broad SMARTS) is 1. The number of anilines is 2. The van der Waals surface area contributed by atoms with E-state index in [1.807, 2.05) is 0 Å². The lowest BCUT2D eigenvalue weighted by molar-refractivity contribution is 0.0648. The van der Waals surface area contributed by atoms with Crippen LogP contribution in [-0.2, 0) is 4.74 Å². The first-order chi connectivity index (χ1) is 13.4. The van der Waals surface area contributed by atoms with Crippen molar-refractivity contribution in [2.75, 3.05) is 25.7 Å². The maximum absolute atomic E-state index is 13.7. The van der Waals surface area contributed by atoms with E-state index in [-0.39, 0.29) is 17.2 Å². The Balaban J connectivity index is 2.01. The van der Waals surface area contributed by atoms with E-state index < -0.39 is 24.6 Å². The molecule has 1 unspecified atom stereocenters. The summed E-state index contributed by atoms with van der Waals surface area (Å²) < 4.78 is 37.3. The summed E-state index contributed by atoms with van der Waals surface area (Å²) in [6.45, 7) is 0.847. The van der Waals surface area contributed by atoms with Crippen LogP contribution >= 0.6 is 11.3 Å². The van der Waals surface area contributed by atoms with Crippen LogP contribution in [0.2, 0.25) is 0 Å². The molecular formula is C18H17F2N3O4S. The van der Waals surface area contributed by atoms with E-state index >= 15 is 0 Å². The molecule has 1 aromatic carbocycles. The normalized spacial score (nSPS) is 12.1. The fourth-order valence-electron chi connectivity index (χ4n) is 2.67. The summed E-state index contributed by atoms with van der Waals surface area (Å²) in [5.41, 5.74) is 0.861. The zero-order valence-corrected chi connectivity index (χ0v) is 15.8. The van der Waals surface area contributed by atoms with E-state index in [1.54, 1.807) is 6.92 Å². The molecule has 28 heavy (non-hydrogen) atoms. The average Bonchev–Trinajstić information content (AvgIpc) is 3.01. The predicted octanol–water partition coefficient (Wildman–Crippen LogP) is 3.94. The Morgan fingerprint density at radius 1 is 1.39 bits per heavy atom. The Morgan fingerprint density at radius 3 is 2.86 bits per heavy atom. The summed E-state index contributed by atoms with van der Waals surface area (Å²) in [5.74, 6) is -1.19. The number of benzene rings is 1. The molecule has 0 aliphatic heterocycles. The van der Waals surface area contributed by atoms with E-state index in [9.17, 15) is 18.7 Å². The molecule has 2 aromatic heterocycles. The van der Waals surface area contributed by atoms with Gasteiger partial charge in [0.15, 0.2) is 6.10 Å². The molecule has 0 saturated heterocycles. The molecule has 0 aliphatic rings. The van der Waals surface area contributed by atoms with Crippen molar-refractivity contribution >= 4 is 39.0 Å². The van der Waals surface area contributed by atoms with Gasteiger partial charge in [-0.25, -0.2) is 23.5 Å². The molecule has 2 N–H and O–H groups in total. The molecular weight excluding hydrogens is 392 g/mol. The smallest absolute Gasteiger partial charge is 0.346 e. The number of aromatic nitrogens is 2. The Labute approximate surface area is 163 Å². The minimum absolute atomic E-state index is 0.00415. The number of halogens is 2. The zero-order valence-electron chi connectivity index (χ0n) is 15.0. The average molecular weight is 409 g/mol. The second-order valence-corrected chi connectivity index (χ2v) is 6.88. The van der Waals surface area contributed by atoms with Gasteiger partial charge in [-0.2, -0.15) is 0 Å². The Morgan fingerprint density at radius 2 is 2.18 bits per heavy atom. The van der Waals surface area contributed by atoms with Gasteiger partial charge in [0.25, 0.3) is 0 Å². The molecule has 0 bridgehead atoms. The number of methoxy groups -OCH3 is 1. The number of aromatic carboxylic acids is 1. The summed E-state index contributed by atoms with van der Waals surface area (Å²) in [6, 6.07) is 3.78. The Hall–Kier alpha value is -2.85. The number of carboxylic acids is 1. The summed E-state index contributed by atoms with van der Waals surface area (Å²) in [6.07, 6.45) is 0.394. The molecule has 0 spiro atoms. The number of fused-ring (bicyclic) bond motifs is 1. The highest BCUT2D eigenvalue weighted by Crippen LogP contribution is 2.36. The van der Waals surface area contributed by atoms with E-state index in [4.69, 9.17) is 9.47 Å². The number of hydrogen-bond donors (Lipinski definition) is 2. The van der Waals surface area contributed by atoms with Crippen molar-refractivity contribution in [1.29, 1.82) is 0 Å². The van der Waals surface area contributed by atoms with Crippen molar-refractivity contribution in [3.63, 3.8) is 0 Å². The number of hydrogen-bond acceptors (Lipinski definition) is 7. The van der Waals surface area contributed by atoms with Gasteiger partial charge in [0.2, 0.25) is 0 Å². The van der Waals surface area contributed by atoms with Gasteiger partial charge in [-0.05, 0) is 24.6 Å². The SMILES string of the molecule is COCC(CF)Oc1cc(F)ccc1Nc1ncnc2sc(C(=O)O)c(C)c12. The quantitative estimate of drug-likeness (QED) is 0.582. The monoisotopic (exact) mass is 409 g/mol. The molecule has 0 amide bonds. The fourth-order valence-corrected chi connectivity index (χ4v) is 3.66. The number of ether oxygens (including phenoxy) is 2. The molecule has 7 nitrogen and oxygen atoms in total. The van der Waals surface area contributed by atoms with Crippen LogP contribution in [0.5, 0.6) is 5.75 Å². The van der Waals surface area contributed by atoms with E-state index in [0.717, 1.165) is 17.4 Å². The molecule has 2 heterocycles. The number of nitrogens with one attached hydrogen (secondary N) is 1. The molecule has 10 heteroatoms. The zero-order chi connectivity index (χ0) is 20.3. The highest BCUT2D eigenvalue weighted by Gasteiger charge is 2.20. The minimum atomic E-state index is -1.05. The Bertz CT molecular complexity index is 1010. The molecule has 3 rings (SSSR count). The van der Waals surface area contributed by atoms with Gasteiger partial charge < -0.3 is 19.9 Å². The van der Waals surface area contributed by atoms with E-state index in [1.165, 1.54) is 25.6 Å². The number of rotatable bonds is 8. The van der Waals surface area contributed by atoms with Crippen LogP contribution in [0.15, 0.2) is 24.5 Å². The topological polar surface area (TPSA) is 93.6 Å². The van der Waals surface area contributed by atoms with Crippen LogP contribution in [0.1, 0.15) is 15.2 Å². The van der Waals surface area contributed by atoms with E-state index in [0.29, 0.717) is 27.3 Å². The second kappa shape index (κ2) is 8.44. The van der Waals surface area contributed by atoms with Crippen molar-refractivity contribution in [2.24, 2.45) is 0 Å². The first-order valence-electron chi connectivity index (χ1n) is 8.20. The summed E-state index contributed by atoms with van der Waals surface area (Å²) >= 11 is 1.04. The van der Waals surface area contributed by atoms with Crippen molar-refractivity contribution in [3.05, 3.63) is 40.8 Å². The molecule has 0 aliphatic carbocycles. The van der Waals surface area contributed by atoms with Gasteiger partial charge in [0.1, 0.15) is 40.1 Å². The maximum atomic E-state index is 13.7. The van der Waals surface area contributed by atoms with Crippen LogP contribution in [0.25, 0.3) is 10.2 Å². The lowest BCUT2D eigenvalue weighted by atomic mass is 10.2. The molecule has 0 radical (unpaired) electrons. The Kier molecular flexibility index (Phi) is 6.00. The third kappa shape index (κ3) is 4.02. The molecule has 1 atom stereocenters. The van der Waals surface area contributed by atoms with Gasteiger partial charge >= 0.3 is 5.97 Å². The van der Waals surface area contributed by atoms with Crippen LogP contribution < -0.4 is 10.1 Å².